The number of nitrogens with one attached hydrogen (secondary N) is 1. The second kappa shape index (κ2) is 6.17. The van der Waals surface area contributed by atoms with Crippen LogP contribution in [0.5, 0.6) is 0 Å². The first-order chi connectivity index (χ1) is 9.44. The second-order valence-electron chi connectivity index (χ2n) is 4.61. The highest BCUT2D eigenvalue weighted by atomic mass is 32.2. The van der Waals surface area contributed by atoms with Gasteiger partial charge in [-0.2, -0.15) is 0 Å². The zero-order valence-electron chi connectivity index (χ0n) is 10.9. The molecule has 0 saturated heterocycles. The summed E-state index contributed by atoms with van der Waals surface area (Å²) in [4.78, 5) is 15.2. The van der Waals surface area contributed by atoms with Crippen LogP contribution in [-0.4, -0.2) is 43.7 Å². The molecule has 1 aromatic heterocycles. The van der Waals surface area contributed by atoms with Crippen LogP contribution in [0, 0.1) is 0 Å². The van der Waals surface area contributed by atoms with E-state index in [1.54, 1.807) is 0 Å². The molecule has 0 bridgehead atoms. The molecule has 2 rings (SSSR count). The number of rotatable bonds is 4. The quantitative estimate of drug-likeness (QED) is 0.783. The molecule has 0 amide bonds. The Bertz CT molecular complexity index is 575. The van der Waals surface area contributed by atoms with Crippen LogP contribution in [0.3, 0.4) is 0 Å². The average molecular weight is 320 g/mol. The molecule has 20 heavy (non-hydrogen) atoms. The molecule has 7 nitrogen and oxygen atoms in total. The molecule has 1 aliphatic rings. The summed E-state index contributed by atoms with van der Waals surface area (Å²) in [5, 5.41) is 9.41. The number of thiazole rings is 1. The topological polar surface area (TPSA) is 106 Å². The fourth-order valence-corrected chi connectivity index (χ4v) is 4.58. The highest BCUT2D eigenvalue weighted by Gasteiger charge is 2.30. The lowest BCUT2D eigenvalue weighted by Gasteiger charge is -2.25. The molecule has 112 valence electrons. The van der Waals surface area contributed by atoms with E-state index in [0.29, 0.717) is 25.7 Å². The molecule has 1 fully saturated rings. The van der Waals surface area contributed by atoms with Crippen LogP contribution in [0.15, 0.2) is 9.72 Å². The van der Waals surface area contributed by atoms with Gasteiger partial charge < -0.3 is 9.84 Å². The van der Waals surface area contributed by atoms with Crippen molar-refractivity contribution in [2.45, 2.75) is 42.0 Å². The summed E-state index contributed by atoms with van der Waals surface area (Å²) in [6.07, 6.45) is 1.93. The van der Waals surface area contributed by atoms with Crippen molar-refractivity contribution in [3.05, 3.63) is 11.2 Å². The molecule has 1 aliphatic carbocycles. The Morgan fingerprint density at radius 3 is 2.70 bits per heavy atom. The van der Waals surface area contributed by atoms with Gasteiger partial charge >= 0.3 is 5.97 Å². The lowest BCUT2D eigenvalue weighted by molar-refractivity contribution is 0.0590. The van der Waals surface area contributed by atoms with Gasteiger partial charge in [0.15, 0.2) is 9.90 Å². The monoisotopic (exact) mass is 320 g/mol. The Balaban J connectivity index is 2.15. The Morgan fingerprint density at radius 1 is 1.45 bits per heavy atom. The van der Waals surface area contributed by atoms with E-state index in [-0.39, 0.29) is 22.0 Å². The highest BCUT2D eigenvalue weighted by molar-refractivity contribution is 7.91. The SMILES string of the molecule is COC(=O)c1ncsc1S(=O)(=O)NC1CCC(O)CC1. The average Bonchev–Trinajstić information content (AvgIpc) is 2.90. The van der Waals surface area contributed by atoms with Crippen LogP contribution in [0.1, 0.15) is 36.2 Å². The van der Waals surface area contributed by atoms with E-state index in [9.17, 15) is 18.3 Å². The minimum absolute atomic E-state index is 0.129. The van der Waals surface area contributed by atoms with Crippen LogP contribution in [0.2, 0.25) is 0 Å². The second-order valence-corrected chi connectivity index (χ2v) is 7.37. The molecule has 1 aromatic rings. The number of nitrogens with zero attached hydrogens (tertiary/aromatic N) is 1. The van der Waals surface area contributed by atoms with Crippen molar-refractivity contribution in [1.29, 1.82) is 0 Å². The fourth-order valence-electron chi connectivity index (χ4n) is 2.13. The number of aliphatic hydroxyl groups is 1. The number of sulfonamides is 1. The van der Waals surface area contributed by atoms with Crippen LogP contribution in [-0.2, 0) is 14.8 Å². The van der Waals surface area contributed by atoms with E-state index in [2.05, 4.69) is 14.4 Å². The van der Waals surface area contributed by atoms with Gasteiger partial charge in [0.1, 0.15) is 0 Å². The molecule has 0 radical (unpaired) electrons. The molecule has 0 atom stereocenters. The summed E-state index contributed by atoms with van der Waals surface area (Å²) in [7, 11) is -2.62. The summed E-state index contributed by atoms with van der Waals surface area (Å²) in [6.45, 7) is 0. The third-order valence-corrected chi connectivity index (χ3v) is 6.07. The number of methoxy groups -OCH3 is 1. The third kappa shape index (κ3) is 3.35. The number of aromatic nitrogens is 1. The van der Waals surface area contributed by atoms with Gasteiger partial charge in [0, 0.05) is 6.04 Å². The highest BCUT2D eigenvalue weighted by Crippen LogP contribution is 2.24. The van der Waals surface area contributed by atoms with Crippen molar-refractivity contribution in [2.24, 2.45) is 0 Å². The summed E-state index contributed by atoms with van der Waals surface area (Å²) in [6, 6.07) is -0.226. The normalized spacial score (nSPS) is 23.5. The lowest BCUT2D eigenvalue weighted by Crippen LogP contribution is -2.38. The molecule has 0 aromatic carbocycles. The van der Waals surface area contributed by atoms with E-state index in [1.807, 2.05) is 0 Å². The standard InChI is InChI=1S/C11H16N2O5S2/c1-18-10(15)9-11(19-6-12-9)20(16,17)13-7-2-4-8(14)5-3-7/h6-8,13-14H,2-5H2,1H3. The number of hydrogen-bond acceptors (Lipinski definition) is 7. The molecule has 0 spiro atoms. The van der Waals surface area contributed by atoms with Crippen LogP contribution >= 0.6 is 11.3 Å². The van der Waals surface area contributed by atoms with Gasteiger partial charge in [0.05, 0.1) is 18.7 Å². The Labute approximate surface area is 121 Å². The lowest BCUT2D eigenvalue weighted by atomic mass is 9.94. The Morgan fingerprint density at radius 2 is 2.10 bits per heavy atom. The van der Waals surface area contributed by atoms with Gasteiger partial charge in [0.2, 0.25) is 0 Å². The maximum Gasteiger partial charge on any atom is 0.358 e. The molecular weight excluding hydrogens is 304 g/mol. The third-order valence-electron chi connectivity index (χ3n) is 3.18. The number of esters is 1. The first-order valence-corrected chi connectivity index (χ1v) is 8.52. The van der Waals surface area contributed by atoms with Crippen molar-refractivity contribution < 1.29 is 23.1 Å². The van der Waals surface area contributed by atoms with E-state index in [4.69, 9.17) is 0 Å². The molecule has 1 heterocycles. The molecule has 0 aliphatic heterocycles. The van der Waals surface area contributed by atoms with Crippen molar-refractivity contribution in [1.82, 2.24) is 9.71 Å². The zero-order chi connectivity index (χ0) is 14.8. The largest absolute Gasteiger partial charge is 0.464 e. The smallest absolute Gasteiger partial charge is 0.358 e. The van der Waals surface area contributed by atoms with Crippen LogP contribution < -0.4 is 4.72 Å². The van der Waals surface area contributed by atoms with Crippen molar-refractivity contribution >= 4 is 27.3 Å². The molecule has 9 heteroatoms. The Kier molecular flexibility index (Phi) is 4.74. The minimum atomic E-state index is -3.80. The summed E-state index contributed by atoms with van der Waals surface area (Å²) >= 11 is 0.878. The van der Waals surface area contributed by atoms with E-state index >= 15 is 0 Å². The maximum absolute atomic E-state index is 12.3. The van der Waals surface area contributed by atoms with Gasteiger partial charge in [-0.1, -0.05) is 0 Å². The minimum Gasteiger partial charge on any atom is -0.464 e. The molecule has 1 saturated carbocycles. The van der Waals surface area contributed by atoms with Gasteiger partial charge in [-0.05, 0) is 25.7 Å². The summed E-state index contributed by atoms with van der Waals surface area (Å²) in [5.74, 6) is -0.773. The number of aliphatic hydroxyl groups excluding tert-OH is 1. The summed E-state index contributed by atoms with van der Waals surface area (Å²) in [5.41, 5.74) is 1.10. The Hall–Kier alpha value is -1.03. The van der Waals surface area contributed by atoms with E-state index in [1.165, 1.54) is 12.6 Å². The van der Waals surface area contributed by atoms with Crippen molar-refractivity contribution in [2.75, 3.05) is 7.11 Å². The van der Waals surface area contributed by atoms with Crippen LogP contribution in [0.25, 0.3) is 0 Å². The molecular formula is C11H16N2O5S2. The summed E-state index contributed by atoms with van der Waals surface area (Å²) < 4.78 is 31.5. The number of ether oxygens (including phenoxy) is 1. The number of carbonyl (C=O) groups is 1. The number of hydrogen-bond donors (Lipinski definition) is 2. The number of carbonyl (C=O) groups excluding carboxylic acids is 1. The van der Waals surface area contributed by atoms with Gasteiger partial charge in [-0.3, -0.25) is 0 Å². The van der Waals surface area contributed by atoms with Gasteiger partial charge in [0.25, 0.3) is 10.0 Å². The van der Waals surface area contributed by atoms with Crippen molar-refractivity contribution in [3.8, 4) is 0 Å². The van der Waals surface area contributed by atoms with E-state index in [0.717, 1.165) is 11.3 Å². The molecule has 0 unspecified atom stereocenters. The first-order valence-electron chi connectivity index (χ1n) is 6.16. The predicted molar refractivity (Wildman–Crippen MR) is 72.0 cm³/mol. The maximum atomic E-state index is 12.3. The van der Waals surface area contributed by atoms with Gasteiger partial charge in [-0.15, -0.1) is 11.3 Å². The zero-order valence-corrected chi connectivity index (χ0v) is 12.5. The molecule has 2 N–H and O–H groups in total. The van der Waals surface area contributed by atoms with Gasteiger partial charge in [-0.25, -0.2) is 22.9 Å². The first kappa shape index (κ1) is 15.4. The predicted octanol–water partition coefficient (Wildman–Crippen LogP) is 0.511. The van der Waals surface area contributed by atoms with E-state index < -0.39 is 16.0 Å². The van der Waals surface area contributed by atoms with Crippen molar-refractivity contribution in [3.63, 3.8) is 0 Å². The fraction of sp³-hybridized carbons (Fsp3) is 0.636. The van der Waals surface area contributed by atoms with Crippen LogP contribution in [0.4, 0.5) is 0 Å².